The second-order valence-corrected chi connectivity index (χ2v) is 8.83. The van der Waals surface area contributed by atoms with Crippen molar-refractivity contribution in [2.75, 3.05) is 0 Å². The lowest BCUT2D eigenvalue weighted by molar-refractivity contribution is -0.358. The van der Waals surface area contributed by atoms with Gasteiger partial charge in [-0.15, -0.1) is 0 Å². The van der Waals surface area contributed by atoms with Crippen LogP contribution in [0.4, 0.5) is 17.6 Å². The molecule has 0 amide bonds. The molecule has 32 heavy (non-hydrogen) atoms. The molecule has 0 unspecified atom stereocenters. The van der Waals surface area contributed by atoms with E-state index < -0.39 is 23.3 Å². The van der Waals surface area contributed by atoms with Crippen LogP contribution in [0.3, 0.4) is 0 Å². The number of fused-ring (bicyclic) bond motifs is 1. The van der Waals surface area contributed by atoms with E-state index in [1.165, 1.54) is 5.56 Å². The van der Waals surface area contributed by atoms with E-state index in [1.807, 2.05) is 30.3 Å². The topological polar surface area (TPSA) is 66.2 Å². The van der Waals surface area contributed by atoms with Gasteiger partial charge in [0, 0.05) is 16.5 Å². The summed E-state index contributed by atoms with van der Waals surface area (Å²) in [6.07, 6.45) is -3.42. The Morgan fingerprint density at radius 2 is 1.62 bits per heavy atom. The highest BCUT2D eigenvalue weighted by atomic mass is 32.1. The molecule has 9 heteroatoms. The SMILES string of the molecule is OC(O)(c1ccc(-c2nc3ccc(C4(c5ccccc5)CC4)nc3s2)c(F)c1)C(F)(F)F. The van der Waals surface area contributed by atoms with Crippen LogP contribution in [-0.2, 0) is 11.2 Å². The largest absolute Gasteiger partial charge is 0.447 e. The fourth-order valence-electron chi connectivity index (χ4n) is 3.84. The van der Waals surface area contributed by atoms with Gasteiger partial charge in [-0.05, 0) is 42.7 Å². The van der Waals surface area contributed by atoms with Crippen LogP contribution in [-0.4, -0.2) is 26.4 Å². The zero-order valence-corrected chi connectivity index (χ0v) is 17.2. The minimum absolute atomic E-state index is 0.0412. The van der Waals surface area contributed by atoms with Crippen LogP contribution in [0, 0.1) is 5.82 Å². The standard InChI is InChI=1S/C23H16F4N2O2S/c24-16-12-14(22(30,31)23(25,26)27)6-7-15(16)19-28-17-8-9-18(29-20(17)32-19)21(10-11-21)13-4-2-1-3-5-13/h1-9,12,30-31H,10-11H2. The summed E-state index contributed by atoms with van der Waals surface area (Å²) in [5, 5.41) is 19.0. The van der Waals surface area contributed by atoms with Gasteiger partial charge >= 0.3 is 6.18 Å². The Morgan fingerprint density at radius 3 is 2.25 bits per heavy atom. The fourth-order valence-corrected chi connectivity index (χ4v) is 4.81. The van der Waals surface area contributed by atoms with Crippen molar-refractivity contribution >= 4 is 21.7 Å². The van der Waals surface area contributed by atoms with Gasteiger partial charge in [0.15, 0.2) is 0 Å². The van der Waals surface area contributed by atoms with E-state index in [2.05, 4.69) is 17.1 Å². The third-order valence-corrected chi connectivity index (χ3v) is 6.82. The normalized spacial score (nSPS) is 15.8. The summed E-state index contributed by atoms with van der Waals surface area (Å²) in [6, 6.07) is 16.1. The van der Waals surface area contributed by atoms with E-state index in [0.717, 1.165) is 42.0 Å². The zero-order valence-electron chi connectivity index (χ0n) is 16.4. The molecule has 0 bridgehead atoms. The number of rotatable bonds is 4. The zero-order chi connectivity index (χ0) is 22.7. The number of hydrogen-bond acceptors (Lipinski definition) is 5. The number of hydrogen-bond donors (Lipinski definition) is 2. The smallest absolute Gasteiger partial charge is 0.355 e. The number of thiazole rings is 1. The summed E-state index contributed by atoms with van der Waals surface area (Å²) in [6.45, 7) is 0. The van der Waals surface area contributed by atoms with Gasteiger partial charge in [0.05, 0.1) is 5.69 Å². The van der Waals surface area contributed by atoms with Crippen LogP contribution >= 0.6 is 11.3 Å². The summed E-state index contributed by atoms with van der Waals surface area (Å²) in [7, 11) is 0. The average Bonchev–Trinajstić information content (AvgIpc) is 3.46. The molecule has 0 radical (unpaired) electrons. The van der Waals surface area contributed by atoms with Crippen molar-refractivity contribution in [1.82, 2.24) is 9.97 Å². The van der Waals surface area contributed by atoms with Gasteiger partial charge in [0.1, 0.15) is 21.2 Å². The first-order valence-electron chi connectivity index (χ1n) is 9.77. The maximum absolute atomic E-state index is 14.6. The number of aliphatic hydroxyl groups is 2. The van der Waals surface area contributed by atoms with Gasteiger partial charge in [-0.3, -0.25) is 0 Å². The molecule has 1 aliphatic carbocycles. The van der Waals surface area contributed by atoms with Crippen molar-refractivity contribution < 1.29 is 27.8 Å². The number of pyridine rings is 1. The molecule has 2 aromatic heterocycles. The Hall–Kier alpha value is -2.88. The summed E-state index contributed by atoms with van der Waals surface area (Å²) < 4.78 is 53.1. The monoisotopic (exact) mass is 460 g/mol. The second kappa shape index (κ2) is 7.06. The third kappa shape index (κ3) is 3.28. The first-order valence-corrected chi connectivity index (χ1v) is 10.6. The summed E-state index contributed by atoms with van der Waals surface area (Å²) in [5.41, 5.74) is 1.44. The van der Waals surface area contributed by atoms with Crippen LogP contribution in [0.1, 0.15) is 29.7 Å². The molecule has 5 rings (SSSR count). The molecule has 2 aromatic carbocycles. The van der Waals surface area contributed by atoms with Crippen LogP contribution < -0.4 is 0 Å². The highest BCUT2D eigenvalue weighted by Crippen LogP contribution is 2.53. The molecular formula is C23H16F4N2O2S. The number of benzene rings is 2. The van der Waals surface area contributed by atoms with E-state index in [4.69, 9.17) is 4.98 Å². The fraction of sp³-hybridized carbons (Fsp3) is 0.217. The quantitative estimate of drug-likeness (QED) is 0.321. The lowest BCUT2D eigenvalue weighted by Crippen LogP contribution is -2.42. The van der Waals surface area contributed by atoms with Gasteiger partial charge in [0.2, 0.25) is 0 Å². The molecule has 0 spiro atoms. The highest BCUT2D eigenvalue weighted by Gasteiger charge is 2.54. The van der Waals surface area contributed by atoms with Crippen molar-refractivity contribution in [2.45, 2.75) is 30.2 Å². The maximum Gasteiger partial charge on any atom is 0.447 e. The van der Waals surface area contributed by atoms with Gasteiger partial charge in [0.25, 0.3) is 5.79 Å². The van der Waals surface area contributed by atoms with Crippen molar-refractivity contribution in [2.24, 2.45) is 0 Å². The number of alkyl halides is 3. The van der Waals surface area contributed by atoms with Crippen LogP contribution in [0.5, 0.6) is 0 Å². The van der Waals surface area contributed by atoms with Crippen LogP contribution in [0.25, 0.3) is 20.9 Å². The predicted octanol–water partition coefficient (Wildman–Crippen LogP) is 5.28. The molecule has 0 saturated heterocycles. The molecule has 2 N–H and O–H groups in total. The van der Waals surface area contributed by atoms with E-state index in [1.54, 1.807) is 0 Å². The van der Waals surface area contributed by atoms with Gasteiger partial charge in [-0.2, -0.15) is 13.2 Å². The van der Waals surface area contributed by atoms with Crippen molar-refractivity contribution in [1.29, 1.82) is 0 Å². The van der Waals surface area contributed by atoms with E-state index in [0.29, 0.717) is 16.4 Å². The first-order chi connectivity index (χ1) is 15.1. The highest BCUT2D eigenvalue weighted by molar-refractivity contribution is 7.21. The van der Waals surface area contributed by atoms with E-state index >= 15 is 0 Å². The molecule has 1 saturated carbocycles. The average molecular weight is 460 g/mol. The van der Waals surface area contributed by atoms with Crippen LogP contribution in [0.15, 0.2) is 60.7 Å². The second-order valence-electron chi connectivity index (χ2n) is 7.85. The minimum atomic E-state index is -5.37. The predicted molar refractivity (Wildman–Crippen MR) is 111 cm³/mol. The molecule has 1 fully saturated rings. The number of nitrogens with zero attached hydrogens (tertiary/aromatic N) is 2. The maximum atomic E-state index is 14.6. The molecule has 2 heterocycles. The van der Waals surface area contributed by atoms with Gasteiger partial charge in [-0.1, -0.05) is 47.7 Å². The first kappa shape index (κ1) is 21.0. The van der Waals surface area contributed by atoms with Crippen LogP contribution in [0.2, 0.25) is 0 Å². The van der Waals surface area contributed by atoms with Crippen molar-refractivity contribution in [3.05, 3.63) is 83.3 Å². The molecule has 4 nitrogen and oxygen atoms in total. The minimum Gasteiger partial charge on any atom is -0.355 e. The van der Waals surface area contributed by atoms with Gasteiger partial charge < -0.3 is 10.2 Å². The van der Waals surface area contributed by atoms with Crippen molar-refractivity contribution in [3.63, 3.8) is 0 Å². The third-order valence-electron chi connectivity index (χ3n) is 5.82. The van der Waals surface area contributed by atoms with Crippen molar-refractivity contribution in [3.8, 4) is 10.6 Å². The summed E-state index contributed by atoms with van der Waals surface area (Å²) in [4.78, 5) is 9.72. The summed E-state index contributed by atoms with van der Waals surface area (Å²) >= 11 is 1.13. The molecule has 4 aromatic rings. The van der Waals surface area contributed by atoms with Gasteiger partial charge in [-0.25, -0.2) is 14.4 Å². The Labute approximate surface area is 183 Å². The molecular weight excluding hydrogens is 444 g/mol. The van der Waals surface area contributed by atoms with E-state index in [-0.39, 0.29) is 16.0 Å². The Kier molecular flexibility index (Phi) is 4.63. The molecule has 0 atom stereocenters. The number of aromatic nitrogens is 2. The lowest BCUT2D eigenvalue weighted by Gasteiger charge is -2.24. The Balaban J connectivity index is 1.51. The molecule has 164 valence electrons. The lowest BCUT2D eigenvalue weighted by atomic mass is 9.92. The molecule has 1 aliphatic rings. The Morgan fingerprint density at radius 1 is 0.906 bits per heavy atom. The van der Waals surface area contributed by atoms with E-state index in [9.17, 15) is 27.8 Å². The molecule has 0 aliphatic heterocycles. The Bertz CT molecular complexity index is 1310. The summed E-state index contributed by atoms with van der Waals surface area (Å²) in [5.74, 6) is -5.19. The number of halogens is 4.